The van der Waals surface area contributed by atoms with Crippen molar-refractivity contribution < 1.29 is 19.1 Å². The third-order valence-corrected chi connectivity index (χ3v) is 3.95. The summed E-state index contributed by atoms with van der Waals surface area (Å²) in [6, 6.07) is 0. The quantitative estimate of drug-likeness (QED) is 0.560. The molecule has 2 aliphatic carbocycles. The molecule has 0 amide bonds. The number of ketones is 1. The molecule has 0 aromatic rings. The van der Waals surface area contributed by atoms with E-state index in [1.807, 2.05) is 6.08 Å². The normalized spacial score (nSPS) is 37.8. The van der Waals surface area contributed by atoms with Gasteiger partial charge in [0.15, 0.2) is 11.9 Å². The molecule has 0 unspecified atom stereocenters. The highest BCUT2D eigenvalue weighted by molar-refractivity contribution is 5.97. The van der Waals surface area contributed by atoms with Crippen molar-refractivity contribution >= 4 is 11.5 Å². The van der Waals surface area contributed by atoms with Crippen molar-refractivity contribution in [3.8, 4) is 0 Å². The third-order valence-electron chi connectivity index (χ3n) is 3.95. The second-order valence-corrected chi connectivity index (χ2v) is 4.97. The molecule has 0 saturated heterocycles. The van der Waals surface area contributed by atoms with Crippen LogP contribution in [0.2, 0.25) is 0 Å². The monoisotopic (exact) mass is 251 g/mol. The minimum Gasteiger partial charge on any atom is -0.384 e. The lowest BCUT2D eigenvalue weighted by atomic mass is 9.72. The van der Waals surface area contributed by atoms with Gasteiger partial charge in [0.1, 0.15) is 6.79 Å². The molecule has 5 nitrogen and oxygen atoms in total. The smallest absolute Gasteiger partial charge is 0.193 e. The Morgan fingerprint density at radius 1 is 1.56 bits per heavy atom. The Morgan fingerprint density at radius 3 is 3.28 bits per heavy atom. The average molecular weight is 251 g/mol. The molecule has 0 N–H and O–H groups in total. The number of rotatable bonds is 3. The molecular weight excluding hydrogens is 234 g/mol. The summed E-state index contributed by atoms with van der Waals surface area (Å²) in [6.07, 6.45) is 5.85. The number of Topliss-reactive ketones (excluding diaryl/α,β-unsaturated/α-hetero) is 1. The minimum atomic E-state index is -0.382. The lowest BCUT2D eigenvalue weighted by Crippen LogP contribution is -2.45. The fourth-order valence-electron chi connectivity index (χ4n) is 3.12. The molecule has 3 aliphatic rings. The Morgan fingerprint density at radius 2 is 2.44 bits per heavy atom. The molecule has 0 aromatic carbocycles. The fourth-order valence-corrected chi connectivity index (χ4v) is 3.12. The number of carbonyl (C=O) groups excluding carboxylic acids is 1. The predicted molar refractivity (Wildman–Crippen MR) is 64.0 cm³/mol. The summed E-state index contributed by atoms with van der Waals surface area (Å²) in [7, 11) is 1.61. The van der Waals surface area contributed by atoms with Crippen LogP contribution in [0.5, 0.6) is 0 Å². The first-order chi connectivity index (χ1) is 8.81. The van der Waals surface area contributed by atoms with Crippen molar-refractivity contribution in [3.05, 3.63) is 12.2 Å². The van der Waals surface area contributed by atoms with Gasteiger partial charge in [-0.1, -0.05) is 17.3 Å². The molecule has 0 radical (unpaired) electrons. The first kappa shape index (κ1) is 11.9. The molecule has 0 bridgehead atoms. The van der Waals surface area contributed by atoms with Gasteiger partial charge in [0.25, 0.3) is 0 Å². The van der Waals surface area contributed by atoms with Crippen molar-refractivity contribution in [2.45, 2.75) is 31.5 Å². The fraction of sp³-hybridized carbons (Fsp3) is 0.692. The van der Waals surface area contributed by atoms with Crippen LogP contribution in [0.25, 0.3) is 0 Å². The standard InChI is InChI=1S/C13H17NO4/c1-16-7-17-11-4-2-3-9-12-8(11)5-6-10(15)13(12)18-14-9/h2,4,8,11-13H,3,5-7H2,1H3/t8-,11-,12-,13-/m0/s1. The van der Waals surface area contributed by atoms with Gasteiger partial charge in [0.05, 0.1) is 17.7 Å². The van der Waals surface area contributed by atoms with Crippen molar-refractivity contribution in [3.63, 3.8) is 0 Å². The molecule has 1 aliphatic heterocycles. The summed E-state index contributed by atoms with van der Waals surface area (Å²) in [5.74, 6) is 0.522. The zero-order valence-corrected chi connectivity index (χ0v) is 10.4. The first-order valence-corrected chi connectivity index (χ1v) is 6.33. The van der Waals surface area contributed by atoms with Crippen LogP contribution in [0.4, 0.5) is 0 Å². The maximum atomic E-state index is 11.9. The van der Waals surface area contributed by atoms with Crippen LogP contribution >= 0.6 is 0 Å². The lowest BCUT2D eigenvalue weighted by Gasteiger charge is -2.34. The highest BCUT2D eigenvalue weighted by atomic mass is 16.7. The van der Waals surface area contributed by atoms with Gasteiger partial charge >= 0.3 is 0 Å². The highest BCUT2D eigenvalue weighted by Gasteiger charge is 2.49. The van der Waals surface area contributed by atoms with Crippen molar-refractivity contribution in [1.29, 1.82) is 0 Å². The second-order valence-electron chi connectivity index (χ2n) is 4.97. The van der Waals surface area contributed by atoms with E-state index in [-0.39, 0.29) is 36.6 Å². The van der Waals surface area contributed by atoms with E-state index < -0.39 is 0 Å². The molecule has 1 saturated carbocycles. The van der Waals surface area contributed by atoms with E-state index >= 15 is 0 Å². The molecule has 0 spiro atoms. The Balaban J connectivity index is 1.84. The molecular formula is C13H17NO4. The molecule has 98 valence electrons. The first-order valence-electron chi connectivity index (χ1n) is 6.33. The van der Waals surface area contributed by atoms with Gasteiger partial charge < -0.3 is 14.3 Å². The Kier molecular flexibility index (Phi) is 3.18. The zero-order chi connectivity index (χ0) is 12.5. The van der Waals surface area contributed by atoms with Crippen LogP contribution in [-0.4, -0.2) is 37.6 Å². The van der Waals surface area contributed by atoms with E-state index in [0.29, 0.717) is 6.42 Å². The van der Waals surface area contributed by atoms with E-state index in [2.05, 4.69) is 11.2 Å². The maximum Gasteiger partial charge on any atom is 0.193 e. The van der Waals surface area contributed by atoms with Crippen LogP contribution in [-0.2, 0) is 19.1 Å². The summed E-state index contributed by atoms with van der Waals surface area (Å²) < 4.78 is 10.7. The Bertz CT molecular complexity index is 404. The van der Waals surface area contributed by atoms with E-state index in [1.165, 1.54) is 0 Å². The Hall–Kier alpha value is -1.20. The van der Waals surface area contributed by atoms with Gasteiger partial charge in [-0.15, -0.1) is 0 Å². The minimum absolute atomic E-state index is 0.0139. The molecule has 5 heteroatoms. The number of allylic oxidation sites excluding steroid dienone is 1. The molecule has 18 heavy (non-hydrogen) atoms. The number of hydrogen-bond donors (Lipinski definition) is 0. The van der Waals surface area contributed by atoms with E-state index in [4.69, 9.17) is 14.3 Å². The van der Waals surface area contributed by atoms with Crippen LogP contribution in [0.3, 0.4) is 0 Å². The van der Waals surface area contributed by atoms with Crippen LogP contribution < -0.4 is 0 Å². The number of oxime groups is 1. The van der Waals surface area contributed by atoms with E-state index in [9.17, 15) is 4.79 Å². The number of hydrogen-bond acceptors (Lipinski definition) is 5. The third kappa shape index (κ3) is 1.87. The van der Waals surface area contributed by atoms with Gasteiger partial charge in [-0.25, -0.2) is 0 Å². The summed E-state index contributed by atoms with van der Waals surface area (Å²) >= 11 is 0. The Labute approximate surface area is 106 Å². The molecule has 4 atom stereocenters. The van der Waals surface area contributed by atoms with Gasteiger partial charge in [0.2, 0.25) is 0 Å². The van der Waals surface area contributed by atoms with Crippen LogP contribution in [0, 0.1) is 11.8 Å². The van der Waals surface area contributed by atoms with Crippen molar-refractivity contribution in [2.75, 3.05) is 13.9 Å². The molecule has 0 aromatic heterocycles. The van der Waals surface area contributed by atoms with Crippen LogP contribution in [0.15, 0.2) is 17.3 Å². The SMILES string of the molecule is COCO[C@H]1C=CCC2=NO[C@H]3C(=O)CC[C@@H]1[C@@H]23. The van der Waals surface area contributed by atoms with Crippen LogP contribution in [0.1, 0.15) is 19.3 Å². The number of carbonyl (C=O) groups is 1. The van der Waals surface area contributed by atoms with Gasteiger partial charge in [0, 0.05) is 25.9 Å². The molecule has 1 fully saturated rings. The largest absolute Gasteiger partial charge is 0.384 e. The predicted octanol–water partition coefficient (Wildman–Crippen LogP) is 1.29. The van der Waals surface area contributed by atoms with Gasteiger partial charge in [-0.2, -0.15) is 0 Å². The van der Waals surface area contributed by atoms with Gasteiger partial charge in [-0.3, -0.25) is 4.79 Å². The summed E-state index contributed by atoms with van der Waals surface area (Å²) in [5.41, 5.74) is 0.984. The highest BCUT2D eigenvalue weighted by Crippen LogP contribution is 2.40. The van der Waals surface area contributed by atoms with Gasteiger partial charge in [-0.05, 0) is 6.42 Å². The molecule has 3 rings (SSSR count). The maximum absolute atomic E-state index is 11.9. The van der Waals surface area contributed by atoms with Crippen molar-refractivity contribution in [2.24, 2.45) is 17.0 Å². The summed E-state index contributed by atoms with van der Waals surface area (Å²) in [6.45, 7) is 0.268. The zero-order valence-electron chi connectivity index (χ0n) is 10.4. The lowest BCUT2D eigenvalue weighted by molar-refractivity contribution is -0.139. The number of methoxy groups -OCH3 is 1. The average Bonchev–Trinajstić information content (AvgIpc) is 2.72. The van der Waals surface area contributed by atoms with E-state index in [0.717, 1.165) is 18.6 Å². The number of nitrogens with zero attached hydrogens (tertiary/aromatic N) is 1. The number of ether oxygens (including phenoxy) is 2. The topological polar surface area (TPSA) is 57.1 Å². The summed E-state index contributed by atoms with van der Waals surface area (Å²) in [5, 5.41) is 4.08. The van der Waals surface area contributed by atoms with E-state index in [1.54, 1.807) is 7.11 Å². The molecule has 1 heterocycles. The second kappa shape index (κ2) is 4.82. The summed E-state index contributed by atoms with van der Waals surface area (Å²) in [4.78, 5) is 17.2. The van der Waals surface area contributed by atoms with Crippen molar-refractivity contribution in [1.82, 2.24) is 0 Å².